The molecule has 2 aromatic carbocycles. The number of hydrogen-bond donors (Lipinski definition) is 1. The van der Waals surface area contributed by atoms with Crippen molar-refractivity contribution >= 4 is 16.8 Å². The molecule has 0 bridgehead atoms. The van der Waals surface area contributed by atoms with Crippen molar-refractivity contribution in [1.29, 1.82) is 5.26 Å². The Kier molecular flexibility index (Phi) is 4.45. The van der Waals surface area contributed by atoms with Crippen molar-refractivity contribution in [3.63, 3.8) is 0 Å². The lowest BCUT2D eigenvalue weighted by atomic mass is 10.1. The molecule has 1 atom stereocenters. The van der Waals surface area contributed by atoms with Gasteiger partial charge in [-0.05, 0) is 48.0 Å². The number of halogens is 1. The molecular formula is C15H10FNO3S. The number of aromatic carboxylic acids is 1. The number of carbonyl (C=O) groups is 1. The van der Waals surface area contributed by atoms with Crippen LogP contribution in [-0.2, 0) is 16.6 Å². The maximum atomic E-state index is 13.3. The minimum absolute atomic E-state index is 0.0544. The van der Waals surface area contributed by atoms with E-state index in [1.165, 1.54) is 36.4 Å². The van der Waals surface area contributed by atoms with Crippen LogP contribution < -0.4 is 0 Å². The number of rotatable bonds is 4. The average Bonchev–Trinajstić information content (AvgIpc) is 2.46. The van der Waals surface area contributed by atoms with Crippen molar-refractivity contribution in [3.05, 3.63) is 65.0 Å². The van der Waals surface area contributed by atoms with E-state index in [1.807, 2.05) is 6.07 Å². The van der Waals surface area contributed by atoms with Gasteiger partial charge in [0.25, 0.3) is 0 Å². The van der Waals surface area contributed by atoms with Gasteiger partial charge < -0.3 is 5.11 Å². The SMILES string of the molecule is N#Cc1cc(F)cc(CS(=O)c2ccc(C(=O)O)cc2)c1. The Morgan fingerprint density at radius 2 is 1.90 bits per heavy atom. The van der Waals surface area contributed by atoms with Crippen LogP contribution in [0.2, 0.25) is 0 Å². The predicted octanol–water partition coefficient (Wildman–Crippen LogP) is 2.70. The summed E-state index contributed by atoms with van der Waals surface area (Å²) in [5.41, 5.74) is 0.726. The Labute approximate surface area is 122 Å². The average molecular weight is 303 g/mol. The molecule has 0 aliphatic heterocycles. The molecule has 0 saturated carbocycles. The van der Waals surface area contributed by atoms with E-state index in [1.54, 1.807) is 0 Å². The summed E-state index contributed by atoms with van der Waals surface area (Å²) in [6, 6.07) is 11.3. The maximum absolute atomic E-state index is 13.3. The zero-order chi connectivity index (χ0) is 15.4. The largest absolute Gasteiger partial charge is 0.478 e. The molecule has 0 heterocycles. The Morgan fingerprint density at radius 3 is 2.48 bits per heavy atom. The number of hydrogen-bond acceptors (Lipinski definition) is 3. The van der Waals surface area contributed by atoms with Gasteiger partial charge in [0.15, 0.2) is 0 Å². The first-order chi connectivity index (χ1) is 9.99. The van der Waals surface area contributed by atoms with Crippen molar-refractivity contribution < 1.29 is 18.5 Å². The number of nitriles is 1. The monoisotopic (exact) mass is 303 g/mol. The van der Waals surface area contributed by atoms with Crippen LogP contribution in [0.3, 0.4) is 0 Å². The van der Waals surface area contributed by atoms with Crippen molar-refractivity contribution in [2.45, 2.75) is 10.6 Å². The lowest BCUT2D eigenvalue weighted by Crippen LogP contribution is -2.00. The topological polar surface area (TPSA) is 78.2 Å². The van der Waals surface area contributed by atoms with E-state index in [0.29, 0.717) is 10.5 Å². The fourth-order valence-corrected chi connectivity index (χ4v) is 2.86. The number of nitrogens with zero attached hydrogens (tertiary/aromatic N) is 1. The zero-order valence-electron chi connectivity index (χ0n) is 10.7. The van der Waals surface area contributed by atoms with Crippen LogP contribution >= 0.6 is 0 Å². The minimum atomic E-state index is -1.44. The first kappa shape index (κ1) is 14.9. The molecule has 1 unspecified atom stereocenters. The van der Waals surface area contributed by atoms with Gasteiger partial charge in [0, 0.05) is 4.90 Å². The van der Waals surface area contributed by atoms with Crippen molar-refractivity contribution in [3.8, 4) is 6.07 Å². The first-order valence-corrected chi connectivity index (χ1v) is 7.23. The molecule has 0 aliphatic rings. The molecule has 6 heteroatoms. The highest BCUT2D eigenvalue weighted by molar-refractivity contribution is 7.84. The van der Waals surface area contributed by atoms with Gasteiger partial charge in [-0.1, -0.05) is 0 Å². The van der Waals surface area contributed by atoms with Crippen LogP contribution in [0.1, 0.15) is 21.5 Å². The van der Waals surface area contributed by atoms with E-state index >= 15 is 0 Å². The molecular weight excluding hydrogens is 293 g/mol. The fourth-order valence-electron chi connectivity index (χ4n) is 1.78. The summed E-state index contributed by atoms with van der Waals surface area (Å²) in [4.78, 5) is 11.2. The van der Waals surface area contributed by atoms with Gasteiger partial charge >= 0.3 is 5.97 Å². The Bertz CT molecular complexity index is 751. The highest BCUT2D eigenvalue weighted by atomic mass is 32.2. The second-order valence-electron chi connectivity index (χ2n) is 4.28. The smallest absolute Gasteiger partial charge is 0.335 e. The molecule has 0 aromatic heterocycles. The molecule has 21 heavy (non-hydrogen) atoms. The Balaban J connectivity index is 2.20. The maximum Gasteiger partial charge on any atom is 0.335 e. The molecule has 1 N–H and O–H groups in total. The molecule has 2 aromatic rings. The van der Waals surface area contributed by atoms with E-state index in [2.05, 4.69) is 0 Å². The minimum Gasteiger partial charge on any atom is -0.478 e. The number of benzene rings is 2. The van der Waals surface area contributed by atoms with Crippen molar-refractivity contribution in [2.24, 2.45) is 0 Å². The molecule has 0 aliphatic carbocycles. The van der Waals surface area contributed by atoms with Gasteiger partial charge in [0.1, 0.15) is 5.82 Å². The van der Waals surface area contributed by atoms with E-state index in [9.17, 15) is 13.4 Å². The van der Waals surface area contributed by atoms with Gasteiger partial charge in [-0.2, -0.15) is 5.26 Å². The molecule has 0 amide bonds. The van der Waals surface area contributed by atoms with Gasteiger partial charge in [0.2, 0.25) is 0 Å². The third-order valence-corrected chi connectivity index (χ3v) is 4.14. The van der Waals surface area contributed by atoms with Gasteiger partial charge in [-0.3, -0.25) is 4.21 Å². The fraction of sp³-hybridized carbons (Fsp3) is 0.0667. The lowest BCUT2D eigenvalue weighted by molar-refractivity contribution is 0.0697. The van der Waals surface area contributed by atoms with E-state index in [-0.39, 0.29) is 16.9 Å². The first-order valence-electron chi connectivity index (χ1n) is 5.91. The lowest BCUT2D eigenvalue weighted by Gasteiger charge is -2.04. The van der Waals surface area contributed by atoms with Crippen LogP contribution in [0.25, 0.3) is 0 Å². The molecule has 0 spiro atoms. The summed E-state index contributed by atoms with van der Waals surface area (Å²) in [7, 11) is -1.44. The van der Waals surface area contributed by atoms with E-state index in [0.717, 1.165) is 6.07 Å². The summed E-state index contributed by atoms with van der Waals surface area (Å²) in [5.74, 6) is -1.56. The quantitative estimate of drug-likeness (QED) is 0.942. The molecule has 0 saturated heterocycles. The van der Waals surface area contributed by atoms with Crippen molar-refractivity contribution in [1.82, 2.24) is 0 Å². The van der Waals surface area contributed by atoms with Gasteiger partial charge in [-0.25, -0.2) is 9.18 Å². The van der Waals surface area contributed by atoms with Crippen LogP contribution in [0.15, 0.2) is 47.4 Å². The van der Waals surface area contributed by atoms with Gasteiger partial charge in [-0.15, -0.1) is 0 Å². The zero-order valence-corrected chi connectivity index (χ0v) is 11.6. The van der Waals surface area contributed by atoms with E-state index in [4.69, 9.17) is 10.4 Å². The van der Waals surface area contributed by atoms with Crippen molar-refractivity contribution in [2.75, 3.05) is 0 Å². The highest BCUT2D eigenvalue weighted by Gasteiger charge is 2.09. The van der Waals surface area contributed by atoms with Crippen LogP contribution in [0.4, 0.5) is 4.39 Å². The second-order valence-corrected chi connectivity index (χ2v) is 5.73. The van der Waals surface area contributed by atoms with Crippen LogP contribution in [0, 0.1) is 17.1 Å². The Morgan fingerprint density at radius 1 is 1.24 bits per heavy atom. The normalized spacial score (nSPS) is 11.6. The number of carboxylic acids is 1. The summed E-state index contributed by atoms with van der Waals surface area (Å²) in [5, 5.41) is 17.6. The third-order valence-electron chi connectivity index (χ3n) is 2.75. The summed E-state index contributed by atoms with van der Waals surface area (Å²) in [6.45, 7) is 0. The predicted molar refractivity (Wildman–Crippen MR) is 74.6 cm³/mol. The second kappa shape index (κ2) is 6.29. The third kappa shape index (κ3) is 3.74. The highest BCUT2D eigenvalue weighted by Crippen LogP contribution is 2.16. The van der Waals surface area contributed by atoms with Gasteiger partial charge in [0.05, 0.1) is 33.7 Å². The van der Waals surface area contributed by atoms with E-state index < -0.39 is 22.6 Å². The molecule has 2 rings (SSSR count). The summed E-state index contributed by atoms with van der Waals surface area (Å²) in [6.07, 6.45) is 0. The molecule has 106 valence electrons. The molecule has 4 nitrogen and oxygen atoms in total. The van der Waals surface area contributed by atoms with Crippen LogP contribution in [0.5, 0.6) is 0 Å². The molecule has 0 fully saturated rings. The van der Waals surface area contributed by atoms with Crippen LogP contribution in [-0.4, -0.2) is 15.3 Å². The number of carboxylic acid groups (broad SMARTS) is 1. The summed E-state index contributed by atoms with van der Waals surface area (Å²) < 4.78 is 25.5. The molecule has 0 radical (unpaired) electrons. The standard InChI is InChI=1S/C15H10FNO3S/c16-13-6-10(8-17)5-11(7-13)9-21(20)14-3-1-12(2-4-14)15(18)19/h1-7H,9H2,(H,18,19). The summed E-state index contributed by atoms with van der Waals surface area (Å²) >= 11 is 0. The Hall–Kier alpha value is -2.52.